The van der Waals surface area contributed by atoms with Gasteiger partial charge in [0.05, 0.1) is 25.8 Å². The van der Waals surface area contributed by atoms with E-state index < -0.39 is 11.9 Å². The summed E-state index contributed by atoms with van der Waals surface area (Å²) in [6, 6.07) is 4.26. The van der Waals surface area contributed by atoms with Gasteiger partial charge in [-0.1, -0.05) is 6.07 Å². The van der Waals surface area contributed by atoms with Gasteiger partial charge in [-0.3, -0.25) is 9.58 Å². The molecule has 2 aromatic rings. The normalized spacial score (nSPS) is 16.6. The molecule has 2 aromatic heterocycles. The summed E-state index contributed by atoms with van der Waals surface area (Å²) < 4.78 is 46.2. The largest absolute Gasteiger partial charge is 0.435 e. The predicted octanol–water partition coefficient (Wildman–Crippen LogP) is 3.25. The fourth-order valence-electron chi connectivity index (χ4n) is 3.37. The summed E-state index contributed by atoms with van der Waals surface area (Å²) in [6.45, 7) is 6.05. The number of aromatic nitrogens is 2. The molecule has 1 saturated heterocycles. The highest BCUT2D eigenvalue weighted by molar-refractivity contribution is 14.0. The molecule has 0 bridgehead atoms. The first kappa shape index (κ1) is 25.9. The Morgan fingerprint density at radius 2 is 2.06 bits per heavy atom. The Bertz CT molecular complexity index is 821. The van der Waals surface area contributed by atoms with Crippen molar-refractivity contribution in [3.8, 4) is 0 Å². The highest BCUT2D eigenvalue weighted by atomic mass is 127. The molecule has 0 spiro atoms. The molecular weight excluding hydrogens is 544 g/mol. The van der Waals surface area contributed by atoms with Crippen molar-refractivity contribution in [2.45, 2.75) is 25.7 Å². The van der Waals surface area contributed by atoms with Crippen LogP contribution >= 0.6 is 35.3 Å². The lowest BCUT2D eigenvalue weighted by Gasteiger charge is -2.34. The molecule has 12 heteroatoms. The number of halogens is 4. The first-order valence-electron chi connectivity index (χ1n) is 9.85. The van der Waals surface area contributed by atoms with Crippen LogP contribution in [0.4, 0.5) is 13.2 Å². The maximum absolute atomic E-state index is 13.2. The molecule has 0 aliphatic carbocycles. The second-order valence-electron chi connectivity index (χ2n) is 6.93. The van der Waals surface area contributed by atoms with Crippen molar-refractivity contribution >= 4 is 41.3 Å². The Kier molecular flexibility index (Phi) is 10.0. The van der Waals surface area contributed by atoms with Gasteiger partial charge in [0.15, 0.2) is 11.7 Å². The third kappa shape index (κ3) is 7.32. The molecule has 1 aliphatic rings. The van der Waals surface area contributed by atoms with Gasteiger partial charge in [-0.2, -0.15) is 18.3 Å². The zero-order chi connectivity index (χ0) is 21.6. The number of aryl methyl sites for hydroxylation is 1. The van der Waals surface area contributed by atoms with Crippen LogP contribution in [-0.2, 0) is 24.5 Å². The van der Waals surface area contributed by atoms with Crippen LogP contribution in [0.5, 0.6) is 0 Å². The summed E-state index contributed by atoms with van der Waals surface area (Å²) in [7, 11) is 1.47. The van der Waals surface area contributed by atoms with Crippen LogP contribution < -0.4 is 10.6 Å². The van der Waals surface area contributed by atoms with Crippen molar-refractivity contribution in [2.75, 3.05) is 39.4 Å². The molecule has 2 N–H and O–H groups in total. The van der Waals surface area contributed by atoms with Gasteiger partial charge in [-0.15, -0.1) is 35.3 Å². The van der Waals surface area contributed by atoms with Crippen molar-refractivity contribution in [1.29, 1.82) is 0 Å². The Morgan fingerprint density at radius 1 is 1.32 bits per heavy atom. The number of nitrogens with zero attached hydrogens (tertiary/aromatic N) is 4. The van der Waals surface area contributed by atoms with E-state index in [0.717, 1.165) is 13.1 Å². The number of guanidine groups is 1. The van der Waals surface area contributed by atoms with E-state index in [-0.39, 0.29) is 42.1 Å². The number of hydrogen-bond acceptors (Lipinski definition) is 5. The number of ether oxygens (including phenoxy) is 1. The minimum absolute atomic E-state index is 0. The molecule has 31 heavy (non-hydrogen) atoms. The van der Waals surface area contributed by atoms with Gasteiger partial charge in [0.2, 0.25) is 0 Å². The van der Waals surface area contributed by atoms with E-state index >= 15 is 0 Å². The maximum atomic E-state index is 13.2. The fourth-order valence-corrected chi connectivity index (χ4v) is 4.23. The van der Waals surface area contributed by atoms with Gasteiger partial charge in [0.25, 0.3) is 0 Å². The fraction of sp³-hybridized carbons (Fsp3) is 0.579. The van der Waals surface area contributed by atoms with E-state index in [0.29, 0.717) is 32.3 Å². The highest BCUT2D eigenvalue weighted by Crippen LogP contribution is 2.31. The van der Waals surface area contributed by atoms with Crippen LogP contribution in [0.2, 0.25) is 0 Å². The lowest BCUT2D eigenvalue weighted by atomic mass is 10.2. The number of rotatable bonds is 7. The van der Waals surface area contributed by atoms with Gasteiger partial charge in [-0.25, -0.2) is 4.99 Å². The topological polar surface area (TPSA) is 66.7 Å². The van der Waals surface area contributed by atoms with Gasteiger partial charge in [-0.05, 0) is 18.4 Å². The van der Waals surface area contributed by atoms with E-state index in [1.54, 1.807) is 11.3 Å². The minimum Gasteiger partial charge on any atom is -0.379 e. The number of nitrogens with one attached hydrogen (secondary N) is 2. The molecule has 0 aromatic carbocycles. The number of aliphatic imine (C=N–C) groups is 1. The summed E-state index contributed by atoms with van der Waals surface area (Å²) in [5, 5.41) is 12.0. The van der Waals surface area contributed by atoms with Crippen LogP contribution in [0.25, 0.3) is 0 Å². The van der Waals surface area contributed by atoms with Gasteiger partial charge >= 0.3 is 6.18 Å². The third-order valence-electron chi connectivity index (χ3n) is 4.75. The van der Waals surface area contributed by atoms with E-state index in [4.69, 9.17) is 4.74 Å². The van der Waals surface area contributed by atoms with Crippen LogP contribution in [-0.4, -0.2) is 60.0 Å². The molecule has 1 fully saturated rings. The van der Waals surface area contributed by atoms with Crippen LogP contribution in [0.3, 0.4) is 0 Å². The van der Waals surface area contributed by atoms with E-state index in [2.05, 4.69) is 31.7 Å². The molecule has 0 amide bonds. The second-order valence-corrected chi connectivity index (χ2v) is 7.91. The molecule has 1 aliphatic heterocycles. The summed E-state index contributed by atoms with van der Waals surface area (Å²) in [6.07, 6.45) is -3.14. The Balaban J connectivity index is 0.00000341. The molecule has 7 nitrogen and oxygen atoms in total. The van der Waals surface area contributed by atoms with Crippen LogP contribution in [0.15, 0.2) is 28.7 Å². The first-order chi connectivity index (χ1) is 14.4. The van der Waals surface area contributed by atoms with Crippen LogP contribution in [0.1, 0.15) is 29.1 Å². The van der Waals surface area contributed by atoms with Crippen molar-refractivity contribution in [1.82, 2.24) is 25.3 Å². The van der Waals surface area contributed by atoms with Crippen molar-refractivity contribution < 1.29 is 17.9 Å². The molecule has 0 saturated carbocycles. The number of thiophene rings is 1. The summed E-state index contributed by atoms with van der Waals surface area (Å²) in [5.74, 6) is 0.476. The zero-order valence-corrected chi connectivity index (χ0v) is 20.6. The smallest absolute Gasteiger partial charge is 0.379 e. The molecule has 3 heterocycles. The SMILES string of the molecule is CCNC(=NCc1cn(C)nc1C(F)(F)F)NCC(c1cccs1)N1CCOCC1.I. The van der Waals surface area contributed by atoms with Crippen molar-refractivity contribution in [2.24, 2.45) is 12.0 Å². The van der Waals surface area contributed by atoms with Crippen molar-refractivity contribution in [3.63, 3.8) is 0 Å². The summed E-state index contributed by atoms with van der Waals surface area (Å²) in [5.41, 5.74) is -0.848. The molecule has 1 unspecified atom stereocenters. The lowest BCUT2D eigenvalue weighted by Crippen LogP contribution is -2.46. The molecule has 1 atom stereocenters. The standard InChI is InChI=1S/C19H27F3N6OS.HI/c1-3-23-18(24-11-14-13-27(2)26-17(14)19(20,21)22)25-12-15(16-5-4-10-30-16)28-6-8-29-9-7-28;/h4-5,10,13,15H,3,6-9,11-12H2,1-2H3,(H2,23,24,25);1H. The van der Waals surface area contributed by atoms with E-state index in [1.165, 1.54) is 22.8 Å². The van der Waals surface area contributed by atoms with Gasteiger partial charge < -0.3 is 15.4 Å². The van der Waals surface area contributed by atoms with Gasteiger partial charge in [0.1, 0.15) is 0 Å². The Labute approximate surface area is 201 Å². The maximum Gasteiger partial charge on any atom is 0.435 e. The third-order valence-corrected chi connectivity index (χ3v) is 5.72. The Hall–Kier alpha value is -1.38. The lowest BCUT2D eigenvalue weighted by molar-refractivity contribution is -0.142. The predicted molar refractivity (Wildman–Crippen MR) is 126 cm³/mol. The Morgan fingerprint density at radius 3 is 2.68 bits per heavy atom. The number of alkyl halides is 3. The summed E-state index contributed by atoms with van der Waals surface area (Å²) in [4.78, 5) is 7.96. The molecular formula is C19H28F3IN6OS. The van der Waals surface area contributed by atoms with E-state index in [1.807, 2.05) is 18.4 Å². The molecule has 174 valence electrons. The number of hydrogen-bond donors (Lipinski definition) is 2. The van der Waals surface area contributed by atoms with Crippen LogP contribution in [0, 0.1) is 0 Å². The first-order valence-corrected chi connectivity index (χ1v) is 10.7. The second kappa shape index (κ2) is 12.0. The van der Waals surface area contributed by atoms with Crippen molar-refractivity contribution in [3.05, 3.63) is 39.8 Å². The zero-order valence-electron chi connectivity index (χ0n) is 17.5. The molecule has 0 radical (unpaired) electrons. The van der Waals surface area contributed by atoms with Gasteiger partial charge in [0, 0.05) is 49.9 Å². The average molecular weight is 572 g/mol. The minimum atomic E-state index is -4.50. The number of morpholine rings is 1. The van der Waals surface area contributed by atoms with E-state index in [9.17, 15) is 13.2 Å². The summed E-state index contributed by atoms with van der Waals surface area (Å²) >= 11 is 1.69. The monoisotopic (exact) mass is 572 g/mol. The highest BCUT2D eigenvalue weighted by Gasteiger charge is 2.36. The average Bonchev–Trinajstić information content (AvgIpc) is 3.36. The molecule has 3 rings (SSSR count). The quantitative estimate of drug-likeness (QED) is 0.303.